The summed E-state index contributed by atoms with van der Waals surface area (Å²) in [6, 6.07) is 5.27. The van der Waals surface area contributed by atoms with Crippen molar-refractivity contribution in [3.05, 3.63) is 34.2 Å². The number of piperidine rings is 1. The second kappa shape index (κ2) is 10.6. The van der Waals surface area contributed by atoms with Crippen LogP contribution < -0.4 is 11.0 Å². The van der Waals surface area contributed by atoms with Gasteiger partial charge < -0.3 is 4.90 Å². The highest BCUT2D eigenvalue weighted by molar-refractivity contribution is 6.00. The normalized spacial score (nSPS) is 22.4. The third-order valence-electron chi connectivity index (χ3n) is 8.22. The minimum absolute atomic E-state index is 0.231. The maximum atomic E-state index is 12.9. The second-order valence-electron chi connectivity index (χ2n) is 10.7. The highest BCUT2D eigenvalue weighted by atomic mass is 16.2. The number of hydrogen-bond donors (Lipinski definition) is 1. The van der Waals surface area contributed by atoms with Gasteiger partial charge in [0.05, 0.1) is 17.6 Å². The number of imide groups is 1. The quantitative estimate of drug-likeness (QED) is 0.593. The molecule has 0 bridgehead atoms. The number of fused-ring (bicyclic) bond motifs is 1. The fraction of sp³-hybridized carbons (Fsp3) is 0.630. The molecule has 3 amide bonds. The Balaban J connectivity index is 1.17. The standard InChI is InChI=1S/C27H37N5O4/c1-29-23-16-19(9-10-21(23)32(27(29)36)22-11-12-24(33)28-26(22)35)8-5-13-30-14-15-31(25(34)18-30)17-20-6-3-2-4-7-20/h9-10,16,20,22H,2-8,11-15,17-18H2,1H3,(H,28,33,35). The van der Waals surface area contributed by atoms with Crippen molar-refractivity contribution in [2.24, 2.45) is 13.0 Å². The number of carbonyl (C=O) groups is 3. The van der Waals surface area contributed by atoms with E-state index in [-0.39, 0.29) is 23.9 Å². The molecule has 36 heavy (non-hydrogen) atoms. The molecule has 3 fully saturated rings. The molecule has 9 heteroatoms. The van der Waals surface area contributed by atoms with Gasteiger partial charge in [-0.3, -0.25) is 33.7 Å². The molecule has 5 rings (SSSR count). The third kappa shape index (κ3) is 5.12. The zero-order chi connectivity index (χ0) is 25.2. The van der Waals surface area contributed by atoms with Gasteiger partial charge in [-0.05, 0) is 62.3 Å². The fourth-order valence-corrected chi connectivity index (χ4v) is 6.12. The molecule has 0 spiro atoms. The summed E-state index contributed by atoms with van der Waals surface area (Å²) in [7, 11) is 1.72. The van der Waals surface area contributed by atoms with E-state index in [1.54, 1.807) is 11.6 Å². The number of amides is 3. The Morgan fingerprint density at radius 1 is 0.972 bits per heavy atom. The van der Waals surface area contributed by atoms with Crippen LogP contribution in [0.15, 0.2) is 23.0 Å². The Bertz CT molecular complexity index is 1210. The highest BCUT2D eigenvalue weighted by Gasteiger charge is 2.31. The first-order valence-corrected chi connectivity index (χ1v) is 13.4. The van der Waals surface area contributed by atoms with E-state index in [9.17, 15) is 19.2 Å². The summed E-state index contributed by atoms with van der Waals surface area (Å²) in [4.78, 5) is 53.9. The molecule has 1 N–H and O–H groups in total. The zero-order valence-electron chi connectivity index (χ0n) is 21.2. The Hall–Kier alpha value is -2.94. The lowest BCUT2D eigenvalue weighted by molar-refractivity contribution is -0.137. The van der Waals surface area contributed by atoms with Crippen LogP contribution >= 0.6 is 0 Å². The number of benzene rings is 1. The van der Waals surface area contributed by atoms with E-state index in [4.69, 9.17) is 0 Å². The van der Waals surface area contributed by atoms with Gasteiger partial charge in [-0.25, -0.2) is 4.79 Å². The van der Waals surface area contributed by atoms with Gasteiger partial charge in [-0.1, -0.05) is 25.3 Å². The first-order chi connectivity index (χ1) is 17.4. The molecule has 3 heterocycles. The van der Waals surface area contributed by atoms with Crippen molar-refractivity contribution in [3.8, 4) is 0 Å². The molecule has 3 aliphatic rings. The number of nitrogens with zero attached hydrogens (tertiary/aromatic N) is 4. The summed E-state index contributed by atoms with van der Waals surface area (Å²) in [6.45, 7) is 4.08. The predicted molar refractivity (Wildman–Crippen MR) is 137 cm³/mol. The first-order valence-electron chi connectivity index (χ1n) is 13.4. The number of aromatic nitrogens is 2. The number of hydrogen-bond acceptors (Lipinski definition) is 5. The van der Waals surface area contributed by atoms with Gasteiger partial charge in [0.25, 0.3) is 0 Å². The maximum absolute atomic E-state index is 12.9. The lowest BCUT2D eigenvalue weighted by atomic mass is 9.89. The average molecular weight is 496 g/mol. The largest absolute Gasteiger partial charge is 0.340 e. The van der Waals surface area contributed by atoms with Crippen molar-refractivity contribution in [1.82, 2.24) is 24.3 Å². The van der Waals surface area contributed by atoms with E-state index in [1.165, 1.54) is 36.7 Å². The van der Waals surface area contributed by atoms with Crippen LogP contribution in [0, 0.1) is 5.92 Å². The van der Waals surface area contributed by atoms with Crippen LogP contribution in [0.25, 0.3) is 11.0 Å². The first kappa shape index (κ1) is 24.7. The van der Waals surface area contributed by atoms with Gasteiger partial charge in [0.15, 0.2) is 0 Å². The topological polar surface area (TPSA) is 96.6 Å². The summed E-state index contributed by atoms with van der Waals surface area (Å²) in [5.41, 5.74) is 2.37. The molecule has 194 valence electrons. The molecule has 2 aromatic rings. The predicted octanol–water partition coefficient (Wildman–Crippen LogP) is 1.97. The number of piperazine rings is 1. The molecular weight excluding hydrogens is 458 g/mol. The maximum Gasteiger partial charge on any atom is 0.329 e. The van der Waals surface area contributed by atoms with Gasteiger partial charge in [0, 0.05) is 33.1 Å². The molecular formula is C27H37N5O4. The van der Waals surface area contributed by atoms with E-state index in [1.807, 2.05) is 18.2 Å². The Labute approximate surface area is 211 Å². The Morgan fingerprint density at radius 2 is 1.78 bits per heavy atom. The van der Waals surface area contributed by atoms with E-state index in [2.05, 4.69) is 15.1 Å². The summed E-state index contributed by atoms with van der Waals surface area (Å²) in [5, 5.41) is 2.35. The molecule has 1 aromatic carbocycles. The van der Waals surface area contributed by atoms with E-state index in [0.717, 1.165) is 50.1 Å². The molecule has 2 saturated heterocycles. The van der Waals surface area contributed by atoms with Crippen LogP contribution in [0.4, 0.5) is 0 Å². The fourth-order valence-electron chi connectivity index (χ4n) is 6.12. The monoisotopic (exact) mass is 495 g/mol. The van der Waals surface area contributed by atoms with Crippen LogP contribution in [-0.2, 0) is 27.9 Å². The number of carbonyl (C=O) groups excluding carboxylic acids is 3. The summed E-state index contributed by atoms with van der Waals surface area (Å²) >= 11 is 0. The summed E-state index contributed by atoms with van der Waals surface area (Å²) < 4.78 is 3.09. The Morgan fingerprint density at radius 3 is 2.53 bits per heavy atom. The number of rotatable bonds is 7. The van der Waals surface area contributed by atoms with Gasteiger partial charge in [-0.15, -0.1) is 0 Å². The Kier molecular flexibility index (Phi) is 7.27. The van der Waals surface area contributed by atoms with E-state index >= 15 is 0 Å². The van der Waals surface area contributed by atoms with Gasteiger partial charge >= 0.3 is 5.69 Å². The van der Waals surface area contributed by atoms with Crippen LogP contribution in [-0.4, -0.2) is 69.4 Å². The number of imidazole rings is 1. The van der Waals surface area contributed by atoms with Gasteiger partial charge in [-0.2, -0.15) is 0 Å². The lowest BCUT2D eigenvalue weighted by Gasteiger charge is -2.37. The molecule has 9 nitrogen and oxygen atoms in total. The van der Waals surface area contributed by atoms with Crippen molar-refractivity contribution in [1.29, 1.82) is 0 Å². The number of nitrogens with one attached hydrogen (secondary N) is 1. The smallest absolute Gasteiger partial charge is 0.329 e. The number of aryl methyl sites for hydroxylation is 2. The second-order valence-corrected chi connectivity index (χ2v) is 10.7. The van der Waals surface area contributed by atoms with Gasteiger partial charge in [0.1, 0.15) is 6.04 Å². The van der Waals surface area contributed by atoms with Crippen molar-refractivity contribution in [2.45, 2.75) is 63.8 Å². The highest BCUT2D eigenvalue weighted by Crippen LogP contribution is 2.26. The molecule has 1 aromatic heterocycles. The summed E-state index contributed by atoms with van der Waals surface area (Å²) in [6.07, 6.45) is 8.83. The SMILES string of the molecule is Cn1c(=O)n(C2CCC(=O)NC2=O)c2ccc(CCCN3CCN(CC4CCCCC4)C(=O)C3)cc21. The van der Waals surface area contributed by atoms with E-state index in [0.29, 0.717) is 24.4 Å². The lowest BCUT2D eigenvalue weighted by Crippen LogP contribution is -2.51. The minimum atomic E-state index is -0.668. The van der Waals surface area contributed by atoms with Crippen LogP contribution in [0.5, 0.6) is 0 Å². The molecule has 0 radical (unpaired) electrons. The van der Waals surface area contributed by atoms with Crippen molar-refractivity contribution in [2.75, 3.05) is 32.7 Å². The molecule has 1 atom stereocenters. The molecule has 2 aliphatic heterocycles. The molecule has 1 saturated carbocycles. The minimum Gasteiger partial charge on any atom is -0.340 e. The van der Waals surface area contributed by atoms with Crippen molar-refractivity contribution < 1.29 is 14.4 Å². The van der Waals surface area contributed by atoms with Crippen LogP contribution in [0.3, 0.4) is 0 Å². The average Bonchev–Trinajstić information content (AvgIpc) is 3.11. The molecule has 1 aliphatic carbocycles. The molecule has 1 unspecified atom stereocenters. The van der Waals surface area contributed by atoms with Crippen LogP contribution in [0.1, 0.15) is 63.0 Å². The van der Waals surface area contributed by atoms with Crippen LogP contribution in [0.2, 0.25) is 0 Å². The zero-order valence-corrected chi connectivity index (χ0v) is 21.2. The van der Waals surface area contributed by atoms with E-state index < -0.39 is 11.9 Å². The van der Waals surface area contributed by atoms with Crippen molar-refractivity contribution in [3.63, 3.8) is 0 Å². The third-order valence-corrected chi connectivity index (χ3v) is 8.22. The van der Waals surface area contributed by atoms with Crippen molar-refractivity contribution >= 4 is 28.8 Å². The summed E-state index contributed by atoms with van der Waals surface area (Å²) in [5.74, 6) is 0.237. The van der Waals surface area contributed by atoms with Gasteiger partial charge in [0.2, 0.25) is 17.7 Å².